The first-order valence-electron chi connectivity index (χ1n) is 8.31. The molecule has 1 aromatic rings. The molecule has 0 spiro atoms. The van der Waals surface area contributed by atoms with Crippen LogP contribution in [0.2, 0.25) is 0 Å². The number of carbonyl (C=O) groups is 2. The lowest BCUT2D eigenvalue weighted by Crippen LogP contribution is -2.45. The maximum absolute atomic E-state index is 13.9. The number of rotatable bonds is 8. The molecule has 0 fully saturated rings. The SMILES string of the molecule is C[C@@H](OCc1ccc(Br)cc1F)[C@H](CCC(N)=O)NC(=O)OC(C)(C)C. The number of halogens is 2. The molecule has 0 unspecified atom stereocenters. The summed E-state index contributed by atoms with van der Waals surface area (Å²) in [5.41, 5.74) is 4.94. The molecule has 2 amide bonds. The number of alkyl carbamates (subject to hydrolysis) is 1. The second kappa shape index (κ2) is 9.87. The Kier molecular flexibility index (Phi) is 8.49. The fourth-order valence-corrected chi connectivity index (χ4v) is 2.49. The normalized spacial score (nSPS) is 13.8. The van der Waals surface area contributed by atoms with Crippen molar-refractivity contribution in [2.24, 2.45) is 5.73 Å². The second-order valence-corrected chi connectivity index (χ2v) is 7.93. The molecule has 0 aromatic heterocycles. The zero-order valence-electron chi connectivity index (χ0n) is 15.5. The van der Waals surface area contributed by atoms with Gasteiger partial charge in [0.2, 0.25) is 5.91 Å². The van der Waals surface area contributed by atoms with Gasteiger partial charge in [0.1, 0.15) is 11.4 Å². The number of nitrogens with two attached hydrogens (primary N) is 1. The molecule has 8 heteroatoms. The standard InChI is InChI=1S/C18H26BrFN2O4/c1-11(25-10-12-5-6-13(19)9-14(12)20)15(7-8-16(21)23)22-17(24)26-18(2,3)4/h5-6,9,11,15H,7-8,10H2,1-4H3,(H2,21,23)(H,22,24)/t11-,15+/m1/s1. The van der Waals surface area contributed by atoms with Crippen molar-refractivity contribution in [2.75, 3.05) is 0 Å². The molecule has 6 nitrogen and oxygen atoms in total. The smallest absolute Gasteiger partial charge is 0.407 e. The van der Waals surface area contributed by atoms with Gasteiger partial charge in [-0.3, -0.25) is 4.79 Å². The van der Waals surface area contributed by atoms with Gasteiger partial charge in [-0.05, 0) is 46.2 Å². The first-order chi connectivity index (χ1) is 12.0. The van der Waals surface area contributed by atoms with Gasteiger partial charge in [0.05, 0.1) is 18.8 Å². The Balaban J connectivity index is 2.71. The van der Waals surface area contributed by atoms with Gasteiger partial charge in [0.25, 0.3) is 0 Å². The van der Waals surface area contributed by atoms with Crippen LogP contribution < -0.4 is 11.1 Å². The summed E-state index contributed by atoms with van der Waals surface area (Å²) in [7, 11) is 0. The van der Waals surface area contributed by atoms with Gasteiger partial charge in [0, 0.05) is 16.5 Å². The quantitative estimate of drug-likeness (QED) is 0.655. The van der Waals surface area contributed by atoms with E-state index in [0.29, 0.717) is 16.5 Å². The van der Waals surface area contributed by atoms with Crippen LogP contribution in [0.3, 0.4) is 0 Å². The van der Waals surface area contributed by atoms with Gasteiger partial charge in [-0.1, -0.05) is 22.0 Å². The zero-order valence-corrected chi connectivity index (χ0v) is 17.1. The lowest BCUT2D eigenvalue weighted by atomic mass is 10.1. The number of hydrogen-bond donors (Lipinski definition) is 2. The summed E-state index contributed by atoms with van der Waals surface area (Å²) in [5, 5.41) is 2.69. The minimum absolute atomic E-state index is 0.0311. The van der Waals surface area contributed by atoms with Crippen molar-refractivity contribution in [3.63, 3.8) is 0 Å². The highest BCUT2D eigenvalue weighted by Gasteiger charge is 2.24. The van der Waals surface area contributed by atoms with Crippen LogP contribution in [-0.2, 0) is 20.9 Å². The lowest BCUT2D eigenvalue weighted by molar-refractivity contribution is -0.118. The van der Waals surface area contributed by atoms with Gasteiger partial charge >= 0.3 is 6.09 Å². The molecule has 0 aliphatic heterocycles. The minimum Gasteiger partial charge on any atom is -0.444 e. The van der Waals surface area contributed by atoms with E-state index in [9.17, 15) is 14.0 Å². The highest BCUT2D eigenvalue weighted by molar-refractivity contribution is 9.10. The average Bonchev–Trinajstić information content (AvgIpc) is 2.48. The molecule has 0 radical (unpaired) electrons. The predicted molar refractivity (Wildman–Crippen MR) is 99.9 cm³/mol. The van der Waals surface area contributed by atoms with Crippen LogP contribution in [0.1, 0.15) is 46.1 Å². The molecule has 0 heterocycles. The van der Waals surface area contributed by atoms with Crippen LogP contribution in [0.15, 0.2) is 22.7 Å². The van der Waals surface area contributed by atoms with Crippen molar-refractivity contribution in [3.05, 3.63) is 34.1 Å². The Morgan fingerprint density at radius 2 is 2.00 bits per heavy atom. The van der Waals surface area contributed by atoms with Crippen molar-refractivity contribution in [1.29, 1.82) is 0 Å². The molecule has 0 aliphatic carbocycles. The molecule has 1 aromatic carbocycles. The Bertz CT molecular complexity index is 634. The van der Waals surface area contributed by atoms with Crippen LogP contribution in [0.5, 0.6) is 0 Å². The summed E-state index contributed by atoms with van der Waals surface area (Å²) < 4.78 is 25.5. The number of benzene rings is 1. The first-order valence-corrected chi connectivity index (χ1v) is 9.10. The number of primary amides is 1. The van der Waals surface area contributed by atoms with E-state index >= 15 is 0 Å². The summed E-state index contributed by atoms with van der Waals surface area (Å²) in [6.07, 6.45) is -0.721. The Labute approximate surface area is 161 Å². The molecule has 0 saturated heterocycles. The fraction of sp³-hybridized carbons (Fsp3) is 0.556. The summed E-state index contributed by atoms with van der Waals surface area (Å²) in [6.45, 7) is 7.02. The van der Waals surface area contributed by atoms with Crippen LogP contribution in [0.4, 0.5) is 9.18 Å². The van der Waals surface area contributed by atoms with Crippen molar-refractivity contribution in [1.82, 2.24) is 5.32 Å². The Morgan fingerprint density at radius 3 is 2.54 bits per heavy atom. The van der Waals surface area contributed by atoms with E-state index in [0.717, 1.165) is 0 Å². The maximum atomic E-state index is 13.9. The molecule has 3 N–H and O–H groups in total. The number of amides is 2. The molecule has 0 bridgehead atoms. The fourth-order valence-electron chi connectivity index (χ4n) is 2.16. The third kappa shape index (κ3) is 8.62. The van der Waals surface area contributed by atoms with E-state index in [2.05, 4.69) is 21.2 Å². The predicted octanol–water partition coefficient (Wildman–Crippen LogP) is 3.65. The third-order valence-electron chi connectivity index (χ3n) is 3.49. The van der Waals surface area contributed by atoms with E-state index in [-0.39, 0.29) is 18.8 Å². The monoisotopic (exact) mass is 432 g/mol. The zero-order chi connectivity index (χ0) is 19.9. The Hall–Kier alpha value is -1.67. The maximum Gasteiger partial charge on any atom is 0.407 e. The highest BCUT2D eigenvalue weighted by Crippen LogP contribution is 2.18. The number of hydrogen-bond acceptors (Lipinski definition) is 4. The molecule has 1 rings (SSSR count). The van der Waals surface area contributed by atoms with Crippen LogP contribution in [-0.4, -0.2) is 29.7 Å². The van der Waals surface area contributed by atoms with Crippen LogP contribution in [0.25, 0.3) is 0 Å². The Morgan fingerprint density at radius 1 is 1.35 bits per heavy atom. The number of ether oxygens (including phenoxy) is 2. The van der Waals surface area contributed by atoms with Crippen molar-refractivity contribution < 1.29 is 23.5 Å². The van der Waals surface area contributed by atoms with Gasteiger partial charge in [-0.2, -0.15) is 0 Å². The molecular weight excluding hydrogens is 407 g/mol. The molecule has 26 heavy (non-hydrogen) atoms. The van der Waals surface area contributed by atoms with Gasteiger partial charge in [-0.15, -0.1) is 0 Å². The van der Waals surface area contributed by atoms with Gasteiger partial charge in [0.15, 0.2) is 0 Å². The van der Waals surface area contributed by atoms with Crippen molar-refractivity contribution in [3.8, 4) is 0 Å². The summed E-state index contributed by atoms with van der Waals surface area (Å²) >= 11 is 3.20. The number of carbonyl (C=O) groups excluding carboxylic acids is 2. The molecule has 0 saturated carbocycles. The molecule has 2 atom stereocenters. The number of nitrogens with one attached hydrogen (secondary N) is 1. The van der Waals surface area contributed by atoms with E-state index in [4.69, 9.17) is 15.2 Å². The first kappa shape index (κ1) is 22.4. The molecular formula is C18H26BrFN2O4. The van der Waals surface area contributed by atoms with E-state index in [1.54, 1.807) is 39.8 Å². The van der Waals surface area contributed by atoms with E-state index in [1.165, 1.54) is 6.07 Å². The van der Waals surface area contributed by atoms with E-state index < -0.39 is 29.7 Å². The topological polar surface area (TPSA) is 90.6 Å². The lowest BCUT2D eigenvalue weighted by Gasteiger charge is -2.27. The molecule has 0 aliphatic rings. The summed E-state index contributed by atoms with van der Waals surface area (Å²) in [4.78, 5) is 23.1. The van der Waals surface area contributed by atoms with Crippen LogP contribution >= 0.6 is 15.9 Å². The van der Waals surface area contributed by atoms with Gasteiger partial charge < -0.3 is 20.5 Å². The average molecular weight is 433 g/mol. The minimum atomic E-state index is -0.650. The van der Waals surface area contributed by atoms with Crippen molar-refractivity contribution in [2.45, 2.75) is 64.9 Å². The van der Waals surface area contributed by atoms with Crippen LogP contribution in [0, 0.1) is 5.82 Å². The second-order valence-electron chi connectivity index (χ2n) is 7.01. The largest absolute Gasteiger partial charge is 0.444 e. The summed E-state index contributed by atoms with van der Waals surface area (Å²) in [6, 6.07) is 4.19. The summed E-state index contributed by atoms with van der Waals surface area (Å²) in [5.74, 6) is -0.868. The highest BCUT2D eigenvalue weighted by atomic mass is 79.9. The third-order valence-corrected chi connectivity index (χ3v) is 3.98. The molecule has 146 valence electrons. The van der Waals surface area contributed by atoms with Crippen molar-refractivity contribution >= 4 is 27.9 Å². The van der Waals surface area contributed by atoms with E-state index in [1.807, 2.05) is 0 Å². The van der Waals surface area contributed by atoms with Gasteiger partial charge in [-0.25, -0.2) is 9.18 Å².